The monoisotopic (exact) mass is 467 g/mol. The standard InChI is InChI=1S/C23H38N3O5P/c1-5-8-9-10-11-17(25-32)21(29)26-14-18(27)15(4)19(26)20(28)24-23(13-16(23)7-3)22(30)31-12-6-2/h5,7,15-19,25,27H,1,3,6,8-14,32H2,2,4H3,(H,24,28)/t15?,16-,17+,18+,19+,23-/m1/s1. The molecule has 1 heterocycles. The van der Waals surface area contributed by atoms with Crippen LogP contribution in [0.1, 0.15) is 52.4 Å². The number of esters is 1. The van der Waals surface area contributed by atoms with Gasteiger partial charge in [0.25, 0.3) is 0 Å². The Morgan fingerprint density at radius 2 is 2.06 bits per heavy atom. The van der Waals surface area contributed by atoms with E-state index in [2.05, 4.69) is 33.0 Å². The second kappa shape index (κ2) is 11.9. The van der Waals surface area contributed by atoms with Gasteiger partial charge in [-0.25, -0.2) is 4.79 Å². The van der Waals surface area contributed by atoms with Gasteiger partial charge < -0.3 is 20.1 Å². The topological polar surface area (TPSA) is 108 Å². The lowest BCUT2D eigenvalue weighted by molar-refractivity contribution is -0.151. The van der Waals surface area contributed by atoms with Crippen LogP contribution in [-0.4, -0.2) is 64.7 Å². The minimum atomic E-state index is -1.14. The third-order valence-electron chi connectivity index (χ3n) is 6.47. The van der Waals surface area contributed by atoms with E-state index in [4.69, 9.17) is 4.74 Å². The van der Waals surface area contributed by atoms with Crippen molar-refractivity contribution in [1.82, 2.24) is 15.3 Å². The summed E-state index contributed by atoms with van der Waals surface area (Å²) in [5.74, 6) is -1.84. The van der Waals surface area contributed by atoms with E-state index >= 15 is 0 Å². The van der Waals surface area contributed by atoms with Crippen LogP contribution in [0.5, 0.6) is 0 Å². The van der Waals surface area contributed by atoms with Gasteiger partial charge in [0.15, 0.2) is 0 Å². The average molecular weight is 468 g/mol. The van der Waals surface area contributed by atoms with Crippen LogP contribution < -0.4 is 10.4 Å². The van der Waals surface area contributed by atoms with Crippen molar-refractivity contribution >= 4 is 27.2 Å². The number of likely N-dealkylation sites (tertiary alicyclic amines) is 1. The van der Waals surface area contributed by atoms with Crippen LogP contribution in [0.15, 0.2) is 25.3 Å². The molecule has 1 saturated heterocycles. The smallest absolute Gasteiger partial charge is 0.332 e. The SMILES string of the molecule is C=CCCCC[C@H](NP)C(=O)N1C[C@H](O)C(C)[C@H]1C(=O)N[C@]1(C(=O)OCCC)C[C@H]1C=C. The van der Waals surface area contributed by atoms with Crippen LogP contribution in [0.3, 0.4) is 0 Å². The van der Waals surface area contributed by atoms with Crippen LogP contribution in [0.2, 0.25) is 0 Å². The van der Waals surface area contributed by atoms with Crippen LogP contribution in [0.4, 0.5) is 0 Å². The quantitative estimate of drug-likeness (QED) is 0.165. The fourth-order valence-electron chi connectivity index (χ4n) is 4.32. The summed E-state index contributed by atoms with van der Waals surface area (Å²) in [7, 11) is 2.37. The highest BCUT2D eigenvalue weighted by Gasteiger charge is 2.62. The van der Waals surface area contributed by atoms with E-state index in [0.717, 1.165) is 19.3 Å². The number of β-amino-alcohol motifs (C(OH)–C–C–N with tert-alkyl or cyclic N) is 1. The summed E-state index contributed by atoms with van der Waals surface area (Å²) in [5.41, 5.74) is -1.14. The minimum Gasteiger partial charge on any atom is -0.464 e. The first kappa shape index (κ1) is 26.5. The molecule has 2 fully saturated rings. The molecule has 2 unspecified atom stereocenters. The Kier molecular flexibility index (Phi) is 9.86. The number of nitrogens with zero attached hydrogens (tertiary/aromatic N) is 1. The maximum Gasteiger partial charge on any atom is 0.332 e. The Morgan fingerprint density at radius 1 is 1.34 bits per heavy atom. The summed E-state index contributed by atoms with van der Waals surface area (Å²) in [6.07, 6.45) is 7.01. The van der Waals surface area contributed by atoms with Crippen LogP contribution in [-0.2, 0) is 19.1 Å². The molecule has 2 amide bonds. The molecule has 2 rings (SSSR count). The summed E-state index contributed by atoms with van der Waals surface area (Å²) in [6, 6.07) is -1.35. The van der Waals surface area contributed by atoms with Crippen molar-refractivity contribution in [3.8, 4) is 0 Å². The van der Waals surface area contributed by atoms with Gasteiger partial charge >= 0.3 is 5.97 Å². The summed E-state index contributed by atoms with van der Waals surface area (Å²) in [5, 5.41) is 16.3. The number of carbonyl (C=O) groups excluding carboxylic acids is 3. The number of ether oxygens (including phenoxy) is 1. The summed E-state index contributed by atoms with van der Waals surface area (Å²) in [6.45, 7) is 11.5. The van der Waals surface area contributed by atoms with Crippen LogP contribution >= 0.6 is 9.39 Å². The number of amides is 2. The molecule has 2 aliphatic rings. The zero-order chi connectivity index (χ0) is 23.9. The number of rotatable bonds is 13. The average Bonchev–Trinajstić information content (AvgIpc) is 3.41. The predicted molar refractivity (Wildman–Crippen MR) is 126 cm³/mol. The fraction of sp³-hybridized carbons (Fsp3) is 0.696. The fourth-order valence-corrected chi connectivity index (χ4v) is 4.63. The summed E-state index contributed by atoms with van der Waals surface area (Å²) in [4.78, 5) is 40.7. The molecule has 32 heavy (non-hydrogen) atoms. The van der Waals surface area contributed by atoms with E-state index in [1.54, 1.807) is 13.0 Å². The van der Waals surface area contributed by atoms with Gasteiger partial charge in [0.05, 0.1) is 18.8 Å². The van der Waals surface area contributed by atoms with Crippen LogP contribution in [0, 0.1) is 11.8 Å². The Balaban J connectivity index is 2.14. The third kappa shape index (κ3) is 5.77. The molecule has 0 spiro atoms. The highest BCUT2D eigenvalue weighted by atomic mass is 31.0. The Bertz CT molecular complexity index is 718. The van der Waals surface area contributed by atoms with Crippen molar-refractivity contribution in [3.05, 3.63) is 25.3 Å². The Morgan fingerprint density at radius 3 is 2.62 bits per heavy atom. The molecule has 9 heteroatoms. The molecular formula is C23H38N3O5P. The maximum absolute atomic E-state index is 13.3. The van der Waals surface area contributed by atoms with E-state index in [1.165, 1.54) is 4.90 Å². The van der Waals surface area contributed by atoms with Gasteiger partial charge in [-0.1, -0.05) is 41.8 Å². The number of hydrogen-bond donors (Lipinski definition) is 3. The molecule has 1 aliphatic carbocycles. The molecule has 0 aromatic carbocycles. The number of aliphatic hydroxyl groups is 1. The molecule has 180 valence electrons. The molecule has 0 bridgehead atoms. The first-order chi connectivity index (χ1) is 15.3. The molecule has 0 aromatic heterocycles. The molecule has 8 nitrogen and oxygen atoms in total. The van der Waals surface area contributed by atoms with Crippen LogP contribution in [0.25, 0.3) is 0 Å². The van der Waals surface area contributed by atoms with Gasteiger partial charge in [0, 0.05) is 18.4 Å². The molecule has 7 atom stereocenters. The summed E-state index contributed by atoms with van der Waals surface area (Å²) < 4.78 is 5.30. The van der Waals surface area contributed by atoms with Gasteiger partial charge in [0.2, 0.25) is 11.8 Å². The number of allylic oxidation sites excluding steroid dienone is 1. The van der Waals surface area contributed by atoms with Crippen molar-refractivity contribution in [1.29, 1.82) is 0 Å². The Labute approximate surface area is 193 Å². The van der Waals surface area contributed by atoms with Crippen molar-refractivity contribution in [2.45, 2.75) is 76.1 Å². The van der Waals surface area contributed by atoms with Crippen molar-refractivity contribution in [2.75, 3.05) is 13.2 Å². The predicted octanol–water partition coefficient (Wildman–Crippen LogP) is 1.70. The lowest BCUT2D eigenvalue weighted by atomic mass is 9.98. The highest BCUT2D eigenvalue weighted by molar-refractivity contribution is 7.13. The van der Waals surface area contributed by atoms with E-state index in [1.807, 2.05) is 13.0 Å². The number of nitrogens with one attached hydrogen (secondary N) is 2. The van der Waals surface area contributed by atoms with Crippen molar-refractivity contribution in [2.24, 2.45) is 11.8 Å². The van der Waals surface area contributed by atoms with E-state index in [9.17, 15) is 19.5 Å². The first-order valence-electron chi connectivity index (χ1n) is 11.4. The lowest BCUT2D eigenvalue weighted by Crippen LogP contribution is -2.56. The van der Waals surface area contributed by atoms with Crippen molar-refractivity contribution < 1.29 is 24.2 Å². The van der Waals surface area contributed by atoms with Gasteiger partial charge in [-0.3, -0.25) is 14.7 Å². The summed E-state index contributed by atoms with van der Waals surface area (Å²) >= 11 is 0. The number of hydrogen-bond acceptors (Lipinski definition) is 6. The second-order valence-corrected chi connectivity index (χ2v) is 9.13. The van der Waals surface area contributed by atoms with Crippen molar-refractivity contribution in [3.63, 3.8) is 0 Å². The lowest BCUT2D eigenvalue weighted by Gasteiger charge is -2.30. The second-order valence-electron chi connectivity index (χ2n) is 8.80. The molecular weight excluding hydrogens is 429 g/mol. The zero-order valence-electron chi connectivity index (χ0n) is 19.2. The maximum atomic E-state index is 13.3. The number of carbonyl (C=O) groups is 3. The molecule has 3 N–H and O–H groups in total. The van der Waals surface area contributed by atoms with E-state index in [0.29, 0.717) is 19.3 Å². The third-order valence-corrected chi connectivity index (χ3v) is 6.88. The zero-order valence-corrected chi connectivity index (χ0v) is 20.4. The van der Waals surface area contributed by atoms with Gasteiger partial charge in [-0.2, -0.15) is 0 Å². The first-order valence-corrected chi connectivity index (χ1v) is 12.0. The largest absolute Gasteiger partial charge is 0.464 e. The number of unbranched alkanes of at least 4 members (excludes halogenated alkanes) is 2. The normalized spacial score (nSPS) is 29.8. The van der Waals surface area contributed by atoms with Gasteiger partial charge in [-0.15, -0.1) is 13.2 Å². The van der Waals surface area contributed by atoms with Gasteiger partial charge in [0.1, 0.15) is 11.6 Å². The molecule has 0 aromatic rings. The van der Waals surface area contributed by atoms with Gasteiger partial charge in [-0.05, 0) is 32.1 Å². The highest BCUT2D eigenvalue weighted by Crippen LogP contribution is 2.46. The van der Waals surface area contributed by atoms with E-state index in [-0.39, 0.29) is 25.0 Å². The molecule has 1 saturated carbocycles. The Hall–Kier alpha value is -1.76. The minimum absolute atomic E-state index is 0.0752. The number of aliphatic hydroxyl groups excluding tert-OH is 1. The van der Waals surface area contributed by atoms with E-state index < -0.39 is 41.5 Å². The molecule has 0 radical (unpaired) electrons. The molecule has 1 aliphatic heterocycles.